The van der Waals surface area contributed by atoms with Gasteiger partial charge in [-0.05, 0) is 83.5 Å². The fraction of sp³-hybridized carbons (Fsp3) is 0.649. The second kappa shape index (κ2) is 51.9. The van der Waals surface area contributed by atoms with Crippen LogP contribution in [0, 0.1) is 0 Å². The van der Waals surface area contributed by atoms with Crippen LogP contribution in [0.25, 0.3) is 0 Å². The Labute approximate surface area is 383 Å². The summed E-state index contributed by atoms with van der Waals surface area (Å²) in [6.45, 7) is 7.46. The second-order valence-electron chi connectivity index (χ2n) is 16.3. The minimum absolute atomic E-state index is 0.0223. The largest absolute Gasteiger partial charge is 0.461 e. The topological polar surface area (TPSA) is 61.8 Å². The summed E-state index contributed by atoms with van der Waals surface area (Å²) in [5.41, 5.74) is 0. The molecule has 0 spiro atoms. The van der Waals surface area contributed by atoms with Crippen LogP contribution in [0.1, 0.15) is 213 Å². The predicted octanol–water partition coefficient (Wildman–Crippen LogP) is 17.2. The summed E-state index contributed by atoms with van der Waals surface area (Å²) in [7, 11) is 0. The first-order chi connectivity index (χ1) is 30.6. The molecule has 1 atom stereocenters. The van der Waals surface area contributed by atoms with Crippen LogP contribution in [0.3, 0.4) is 0 Å². The Morgan fingerprint density at radius 1 is 0.387 bits per heavy atom. The molecule has 0 aromatic carbocycles. The van der Waals surface area contributed by atoms with Gasteiger partial charge in [0, 0.05) is 13.0 Å². The minimum atomic E-state index is -0.585. The molecule has 0 aromatic heterocycles. The van der Waals surface area contributed by atoms with E-state index in [1.54, 1.807) is 0 Å². The fourth-order valence-electron chi connectivity index (χ4n) is 6.63. The molecule has 352 valence electrons. The van der Waals surface area contributed by atoms with E-state index in [9.17, 15) is 9.59 Å². The van der Waals surface area contributed by atoms with Crippen LogP contribution in [0.4, 0.5) is 0 Å². The highest BCUT2D eigenvalue weighted by molar-refractivity contribution is 5.71. The number of allylic oxidation sites excluding steroid dienone is 17. The van der Waals surface area contributed by atoms with Gasteiger partial charge in [0.2, 0.25) is 0 Å². The maximum absolute atomic E-state index is 12.8. The van der Waals surface area contributed by atoms with Crippen molar-refractivity contribution < 1.29 is 23.8 Å². The molecule has 0 aliphatic rings. The van der Waals surface area contributed by atoms with E-state index in [1.165, 1.54) is 83.5 Å². The summed E-state index contributed by atoms with van der Waals surface area (Å²) >= 11 is 0. The number of carbonyl (C=O) groups is 2. The third kappa shape index (κ3) is 49.2. The van der Waals surface area contributed by atoms with E-state index in [-0.39, 0.29) is 31.6 Å². The predicted molar refractivity (Wildman–Crippen MR) is 269 cm³/mol. The van der Waals surface area contributed by atoms with E-state index >= 15 is 0 Å². The van der Waals surface area contributed by atoms with Crippen LogP contribution >= 0.6 is 0 Å². The van der Waals surface area contributed by atoms with Crippen LogP contribution < -0.4 is 0 Å². The van der Waals surface area contributed by atoms with E-state index in [0.29, 0.717) is 13.0 Å². The molecule has 5 heteroatoms. The van der Waals surface area contributed by atoms with E-state index in [4.69, 9.17) is 14.2 Å². The quantitative estimate of drug-likeness (QED) is 0.0347. The molecule has 0 aliphatic heterocycles. The lowest BCUT2D eigenvalue weighted by molar-refractivity contribution is -0.162. The monoisotopic (exact) mass is 859 g/mol. The molecule has 0 saturated heterocycles. The molecule has 0 saturated carbocycles. The average Bonchev–Trinajstić information content (AvgIpc) is 3.27. The summed E-state index contributed by atoms with van der Waals surface area (Å²) < 4.78 is 17.3. The highest BCUT2D eigenvalue weighted by atomic mass is 16.6. The minimum Gasteiger partial charge on any atom is -0.461 e. The van der Waals surface area contributed by atoms with Crippen molar-refractivity contribution >= 4 is 11.9 Å². The molecule has 1 unspecified atom stereocenters. The number of hydrogen-bond acceptors (Lipinski definition) is 5. The Balaban J connectivity index is 4.37. The number of carbonyl (C=O) groups excluding carboxylic acids is 2. The van der Waals surface area contributed by atoms with Crippen LogP contribution in [-0.4, -0.2) is 37.9 Å². The molecule has 0 N–H and O–H groups in total. The van der Waals surface area contributed by atoms with Gasteiger partial charge in [-0.2, -0.15) is 0 Å². The van der Waals surface area contributed by atoms with Crippen molar-refractivity contribution in [2.75, 3.05) is 19.8 Å². The summed E-state index contributed by atoms with van der Waals surface area (Å²) in [5.74, 6) is -0.554. The number of hydrogen-bond donors (Lipinski definition) is 0. The van der Waals surface area contributed by atoms with Gasteiger partial charge >= 0.3 is 11.9 Å². The maximum atomic E-state index is 12.8. The lowest BCUT2D eigenvalue weighted by atomic mass is 10.1. The molecular weight excluding hydrogens is 765 g/mol. The van der Waals surface area contributed by atoms with Gasteiger partial charge in [0.1, 0.15) is 6.61 Å². The van der Waals surface area contributed by atoms with Gasteiger partial charge < -0.3 is 14.2 Å². The SMILES string of the molecule is CC/C=C\C/C=C\C/C=C\C/C=C\C/C=C\CC(=O)OCC(COCCCCCCCCC/C=C\C/C=C\C/C=C\C/C=C\CC)OC(=O)CCCCCCCCCCCCC. The van der Waals surface area contributed by atoms with Crippen LogP contribution in [-0.2, 0) is 23.8 Å². The Hall–Kier alpha value is -3.44. The standard InChI is InChI=1S/C57H94O5/c1-4-7-10-13-16-19-22-24-26-27-28-29-30-32-34-37-40-43-46-49-52-60-53-55(62-57(59)51-48-45-42-39-35-21-18-15-12-9-6-3)54-61-56(58)50-47-44-41-38-36-33-31-25-23-20-17-14-11-8-5-2/h7-8,10-11,16-17,19-20,24-26,28-29,31,36,38,44,47,55H,4-6,9,12-15,18,21-23,27,30,32-35,37,39-43,45-46,48-54H2,1-3H3/b10-7-,11-8-,19-16-,20-17-,26-24-,29-28-,31-25-,38-36-,47-44-. The van der Waals surface area contributed by atoms with Gasteiger partial charge in [0.15, 0.2) is 6.10 Å². The van der Waals surface area contributed by atoms with Gasteiger partial charge in [-0.25, -0.2) is 0 Å². The number of ether oxygens (including phenoxy) is 3. The third-order valence-corrected chi connectivity index (χ3v) is 10.3. The maximum Gasteiger partial charge on any atom is 0.309 e. The van der Waals surface area contributed by atoms with E-state index in [2.05, 4.69) is 118 Å². The van der Waals surface area contributed by atoms with Crippen molar-refractivity contribution in [3.8, 4) is 0 Å². The van der Waals surface area contributed by atoms with Crippen LogP contribution in [0.5, 0.6) is 0 Å². The fourth-order valence-corrected chi connectivity index (χ4v) is 6.63. The van der Waals surface area contributed by atoms with Gasteiger partial charge in [0.25, 0.3) is 0 Å². The number of unbranched alkanes of at least 4 members (excludes halogenated alkanes) is 17. The molecule has 0 radical (unpaired) electrons. The summed E-state index contributed by atoms with van der Waals surface area (Å²) in [6.07, 6.45) is 71.2. The van der Waals surface area contributed by atoms with Crippen LogP contribution in [0.15, 0.2) is 109 Å². The van der Waals surface area contributed by atoms with E-state index < -0.39 is 6.10 Å². The van der Waals surface area contributed by atoms with Crippen molar-refractivity contribution in [2.45, 2.75) is 219 Å². The van der Waals surface area contributed by atoms with E-state index in [0.717, 1.165) is 96.3 Å². The zero-order valence-electron chi connectivity index (χ0n) is 40.3. The van der Waals surface area contributed by atoms with Crippen molar-refractivity contribution in [3.63, 3.8) is 0 Å². The van der Waals surface area contributed by atoms with Crippen LogP contribution in [0.2, 0.25) is 0 Å². The number of rotatable bonds is 45. The van der Waals surface area contributed by atoms with Crippen molar-refractivity contribution in [1.82, 2.24) is 0 Å². The summed E-state index contributed by atoms with van der Waals surface area (Å²) in [4.78, 5) is 25.3. The molecule has 0 heterocycles. The average molecular weight is 859 g/mol. The Kier molecular flexibility index (Phi) is 49.0. The third-order valence-electron chi connectivity index (χ3n) is 10.3. The number of esters is 2. The molecule has 0 aromatic rings. The molecule has 62 heavy (non-hydrogen) atoms. The van der Waals surface area contributed by atoms with Crippen molar-refractivity contribution in [2.24, 2.45) is 0 Å². The van der Waals surface area contributed by atoms with Crippen molar-refractivity contribution in [3.05, 3.63) is 109 Å². The molecule has 0 amide bonds. The molecule has 0 bridgehead atoms. The Bertz CT molecular complexity index is 1250. The second-order valence-corrected chi connectivity index (χ2v) is 16.3. The normalized spacial score (nSPS) is 13.1. The molecule has 0 aliphatic carbocycles. The first-order valence-corrected chi connectivity index (χ1v) is 25.4. The molecule has 0 fully saturated rings. The molecular formula is C57H94O5. The Morgan fingerprint density at radius 3 is 1.24 bits per heavy atom. The lowest BCUT2D eigenvalue weighted by Gasteiger charge is -2.18. The first-order valence-electron chi connectivity index (χ1n) is 25.4. The highest BCUT2D eigenvalue weighted by Gasteiger charge is 2.17. The van der Waals surface area contributed by atoms with Gasteiger partial charge in [-0.3, -0.25) is 9.59 Å². The smallest absolute Gasteiger partial charge is 0.309 e. The summed E-state index contributed by atoms with van der Waals surface area (Å²) in [6, 6.07) is 0. The summed E-state index contributed by atoms with van der Waals surface area (Å²) in [5, 5.41) is 0. The first kappa shape index (κ1) is 58.6. The highest BCUT2D eigenvalue weighted by Crippen LogP contribution is 2.13. The van der Waals surface area contributed by atoms with Gasteiger partial charge in [0.05, 0.1) is 13.0 Å². The van der Waals surface area contributed by atoms with Gasteiger partial charge in [-0.15, -0.1) is 0 Å². The van der Waals surface area contributed by atoms with Crippen molar-refractivity contribution in [1.29, 1.82) is 0 Å². The zero-order valence-corrected chi connectivity index (χ0v) is 40.3. The van der Waals surface area contributed by atoms with E-state index in [1.807, 2.05) is 12.2 Å². The Morgan fingerprint density at radius 2 is 0.774 bits per heavy atom. The zero-order chi connectivity index (χ0) is 44.9. The van der Waals surface area contributed by atoms with Gasteiger partial charge in [-0.1, -0.05) is 226 Å². The molecule has 0 rings (SSSR count). The lowest BCUT2D eigenvalue weighted by Crippen LogP contribution is -2.30. The molecule has 5 nitrogen and oxygen atoms in total.